The van der Waals surface area contributed by atoms with E-state index in [0.29, 0.717) is 16.9 Å². The number of benzene rings is 3. The highest BCUT2D eigenvalue weighted by Crippen LogP contribution is 2.14. The Morgan fingerprint density at radius 2 is 1.53 bits per heavy atom. The highest BCUT2D eigenvalue weighted by molar-refractivity contribution is 6.03. The lowest BCUT2D eigenvalue weighted by Crippen LogP contribution is -2.32. The predicted molar refractivity (Wildman–Crippen MR) is 126 cm³/mol. The van der Waals surface area contributed by atoms with Crippen molar-refractivity contribution < 1.29 is 14.3 Å². The number of allylic oxidation sites excluding steroid dienone is 2. The first-order valence-electron chi connectivity index (χ1n) is 9.93. The van der Waals surface area contributed by atoms with Gasteiger partial charge in [0.05, 0.1) is 13.3 Å². The maximum atomic E-state index is 12.7. The Labute approximate surface area is 186 Å². The van der Waals surface area contributed by atoms with Gasteiger partial charge in [-0.15, -0.1) is 0 Å². The van der Waals surface area contributed by atoms with E-state index in [0.717, 1.165) is 5.56 Å². The number of amides is 2. The first-order chi connectivity index (χ1) is 15.7. The van der Waals surface area contributed by atoms with Crippen LogP contribution in [0.15, 0.2) is 108 Å². The number of methoxy groups -OCH3 is 1. The van der Waals surface area contributed by atoms with Crippen LogP contribution in [-0.4, -0.2) is 25.1 Å². The van der Waals surface area contributed by atoms with Crippen molar-refractivity contribution in [1.29, 1.82) is 0 Å². The van der Waals surface area contributed by atoms with Crippen LogP contribution in [0.5, 0.6) is 5.75 Å². The fourth-order valence-corrected chi connectivity index (χ4v) is 2.77. The van der Waals surface area contributed by atoms with Crippen LogP contribution in [0.1, 0.15) is 21.5 Å². The molecule has 2 amide bonds. The van der Waals surface area contributed by atoms with Gasteiger partial charge >= 0.3 is 0 Å². The number of nitrogens with zero attached hydrogens (tertiary/aromatic N) is 1. The molecule has 3 aromatic rings. The first kappa shape index (κ1) is 22.2. The fourth-order valence-electron chi connectivity index (χ4n) is 2.77. The molecule has 0 aliphatic carbocycles. The Morgan fingerprint density at radius 1 is 0.875 bits per heavy atom. The zero-order valence-electron chi connectivity index (χ0n) is 17.6. The Bertz CT molecular complexity index is 1140. The third kappa shape index (κ3) is 6.53. The summed E-state index contributed by atoms with van der Waals surface area (Å²) in [6, 6.07) is 25.6. The van der Waals surface area contributed by atoms with Gasteiger partial charge in [-0.25, -0.2) is 5.43 Å². The van der Waals surface area contributed by atoms with Gasteiger partial charge in [0, 0.05) is 11.1 Å². The summed E-state index contributed by atoms with van der Waals surface area (Å²) in [6.45, 7) is 0. The van der Waals surface area contributed by atoms with Crippen LogP contribution in [0, 0.1) is 0 Å². The molecule has 0 saturated heterocycles. The molecule has 0 aliphatic rings. The lowest BCUT2D eigenvalue weighted by Gasteiger charge is -2.08. The molecule has 3 rings (SSSR count). The highest BCUT2D eigenvalue weighted by atomic mass is 16.5. The summed E-state index contributed by atoms with van der Waals surface area (Å²) in [6.07, 6.45) is 6.54. The number of hydrogen-bond acceptors (Lipinski definition) is 4. The minimum atomic E-state index is -0.557. The van der Waals surface area contributed by atoms with E-state index >= 15 is 0 Å². The van der Waals surface area contributed by atoms with E-state index in [1.165, 1.54) is 12.3 Å². The van der Waals surface area contributed by atoms with Crippen LogP contribution in [-0.2, 0) is 4.79 Å². The second kappa shape index (κ2) is 11.7. The van der Waals surface area contributed by atoms with Gasteiger partial charge in [0.1, 0.15) is 11.4 Å². The summed E-state index contributed by atoms with van der Waals surface area (Å²) in [5.41, 5.74) is 4.62. The third-order valence-electron chi connectivity index (χ3n) is 4.39. The zero-order chi connectivity index (χ0) is 22.6. The maximum Gasteiger partial charge on any atom is 0.287 e. The van der Waals surface area contributed by atoms with Crippen molar-refractivity contribution in [3.63, 3.8) is 0 Å². The SMILES string of the molecule is COc1ccccc1/C=N\NC(=O)/C(=C/C=C/c1ccccc1)NC(=O)c1ccccc1. The van der Waals surface area contributed by atoms with Crippen LogP contribution in [0.4, 0.5) is 0 Å². The minimum Gasteiger partial charge on any atom is -0.496 e. The van der Waals surface area contributed by atoms with Crippen molar-refractivity contribution in [1.82, 2.24) is 10.7 Å². The normalized spacial score (nSPS) is 11.5. The number of rotatable bonds is 8. The van der Waals surface area contributed by atoms with Crippen molar-refractivity contribution in [3.05, 3.63) is 119 Å². The summed E-state index contributed by atoms with van der Waals surface area (Å²) in [4.78, 5) is 25.3. The van der Waals surface area contributed by atoms with Crippen molar-refractivity contribution >= 4 is 24.1 Å². The molecular weight excluding hydrogens is 402 g/mol. The molecule has 3 aromatic carbocycles. The van der Waals surface area contributed by atoms with Gasteiger partial charge in [-0.1, -0.05) is 72.8 Å². The monoisotopic (exact) mass is 425 g/mol. The van der Waals surface area contributed by atoms with Crippen LogP contribution in [0.2, 0.25) is 0 Å². The number of para-hydroxylation sites is 1. The van der Waals surface area contributed by atoms with Crippen LogP contribution in [0.25, 0.3) is 6.08 Å². The molecule has 32 heavy (non-hydrogen) atoms. The topological polar surface area (TPSA) is 79.8 Å². The molecule has 6 nitrogen and oxygen atoms in total. The second-order valence-electron chi connectivity index (χ2n) is 6.61. The van der Waals surface area contributed by atoms with E-state index in [1.807, 2.05) is 60.7 Å². The van der Waals surface area contributed by atoms with E-state index < -0.39 is 11.8 Å². The quantitative estimate of drug-likeness (QED) is 0.246. The summed E-state index contributed by atoms with van der Waals surface area (Å²) in [5.74, 6) is -0.323. The molecule has 2 N–H and O–H groups in total. The molecule has 0 bridgehead atoms. The largest absolute Gasteiger partial charge is 0.496 e. The minimum absolute atomic E-state index is 0.0585. The zero-order valence-corrected chi connectivity index (χ0v) is 17.6. The van der Waals surface area contributed by atoms with Crippen molar-refractivity contribution in [2.24, 2.45) is 5.10 Å². The molecule has 160 valence electrons. The maximum absolute atomic E-state index is 12.7. The summed E-state index contributed by atoms with van der Waals surface area (Å²) in [7, 11) is 1.56. The average molecular weight is 425 g/mol. The Morgan fingerprint density at radius 3 is 2.25 bits per heavy atom. The van der Waals surface area contributed by atoms with Gasteiger partial charge in [-0.05, 0) is 35.9 Å². The number of hydrazone groups is 1. The van der Waals surface area contributed by atoms with Gasteiger partial charge in [0.15, 0.2) is 0 Å². The highest BCUT2D eigenvalue weighted by Gasteiger charge is 2.13. The Balaban J connectivity index is 1.76. The summed E-state index contributed by atoms with van der Waals surface area (Å²) >= 11 is 0. The number of ether oxygens (including phenoxy) is 1. The average Bonchev–Trinajstić information content (AvgIpc) is 2.84. The molecule has 0 radical (unpaired) electrons. The molecule has 0 aliphatic heterocycles. The van der Waals surface area contributed by atoms with E-state index in [2.05, 4.69) is 15.8 Å². The predicted octanol–water partition coefficient (Wildman–Crippen LogP) is 4.17. The molecule has 0 spiro atoms. The number of carbonyl (C=O) groups is 2. The molecular formula is C26H23N3O3. The summed E-state index contributed by atoms with van der Waals surface area (Å²) < 4.78 is 5.27. The number of hydrogen-bond donors (Lipinski definition) is 2. The molecule has 0 fully saturated rings. The van der Waals surface area contributed by atoms with Gasteiger partial charge in [0.2, 0.25) is 0 Å². The molecule has 0 unspecified atom stereocenters. The summed E-state index contributed by atoms with van der Waals surface area (Å²) in [5, 5.41) is 6.65. The smallest absolute Gasteiger partial charge is 0.287 e. The lowest BCUT2D eigenvalue weighted by molar-refractivity contribution is -0.117. The molecule has 0 atom stereocenters. The van der Waals surface area contributed by atoms with E-state index in [-0.39, 0.29) is 5.70 Å². The standard InChI is InChI=1S/C26H23N3O3/c1-32-24-18-9-8-16-22(24)19-27-29-26(31)23(17-10-13-20-11-4-2-5-12-20)28-25(30)21-14-6-3-7-15-21/h2-19H,1H3,(H,28,30)(H,29,31)/b13-10+,23-17-,27-19-. The van der Waals surface area contributed by atoms with E-state index in [9.17, 15) is 9.59 Å². The van der Waals surface area contributed by atoms with Gasteiger partial charge in [-0.3, -0.25) is 9.59 Å². The van der Waals surface area contributed by atoms with Gasteiger partial charge < -0.3 is 10.1 Å². The van der Waals surface area contributed by atoms with Crippen LogP contribution >= 0.6 is 0 Å². The number of nitrogens with one attached hydrogen (secondary N) is 2. The van der Waals surface area contributed by atoms with Gasteiger partial charge in [-0.2, -0.15) is 5.10 Å². The van der Waals surface area contributed by atoms with E-state index in [1.54, 1.807) is 43.5 Å². The third-order valence-corrected chi connectivity index (χ3v) is 4.39. The fraction of sp³-hybridized carbons (Fsp3) is 0.0385. The Hall–Kier alpha value is -4.45. The van der Waals surface area contributed by atoms with Crippen molar-refractivity contribution in [3.8, 4) is 5.75 Å². The molecule has 0 aromatic heterocycles. The van der Waals surface area contributed by atoms with Crippen LogP contribution in [0.3, 0.4) is 0 Å². The molecule has 0 saturated carbocycles. The second-order valence-corrected chi connectivity index (χ2v) is 6.61. The number of carbonyl (C=O) groups excluding carboxylic acids is 2. The van der Waals surface area contributed by atoms with Crippen LogP contribution < -0.4 is 15.5 Å². The molecule has 6 heteroatoms. The first-order valence-corrected chi connectivity index (χ1v) is 9.93. The van der Waals surface area contributed by atoms with Gasteiger partial charge in [0.25, 0.3) is 11.8 Å². The van der Waals surface area contributed by atoms with Crippen molar-refractivity contribution in [2.45, 2.75) is 0 Å². The lowest BCUT2D eigenvalue weighted by atomic mass is 10.2. The van der Waals surface area contributed by atoms with E-state index in [4.69, 9.17) is 4.74 Å². The Kier molecular flexibility index (Phi) is 8.11. The molecule has 0 heterocycles. The van der Waals surface area contributed by atoms with Crippen molar-refractivity contribution in [2.75, 3.05) is 7.11 Å².